The molecule has 4 rings (SSSR count). The number of benzene rings is 1. The van der Waals surface area contributed by atoms with E-state index in [0.29, 0.717) is 17.2 Å². The monoisotopic (exact) mass is 382 g/mol. The fraction of sp³-hybridized carbons (Fsp3) is 0.381. The zero-order valence-corrected chi connectivity index (χ0v) is 16.3. The number of anilines is 1. The number of carbonyl (C=O) groups excluding carboxylic acids is 2. The van der Waals surface area contributed by atoms with E-state index in [-0.39, 0.29) is 0 Å². The predicted octanol–water partition coefficient (Wildman–Crippen LogP) is 3.47. The van der Waals surface area contributed by atoms with Crippen LogP contribution >= 0.6 is 0 Å². The molecule has 1 fully saturated rings. The molecular weight excluding hydrogens is 356 g/mol. The highest BCUT2D eigenvalue weighted by atomic mass is 16.5. The van der Waals surface area contributed by atoms with Crippen molar-refractivity contribution in [3.05, 3.63) is 47.3 Å². The zero-order valence-electron chi connectivity index (χ0n) is 16.3. The second-order valence-electron chi connectivity index (χ2n) is 6.87. The van der Waals surface area contributed by atoms with Gasteiger partial charge in [0.1, 0.15) is 12.0 Å². The molecule has 1 aromatic carbocycles. The van der Waals surface area contributed by atoms with Gasteiger partial charge in [-0.15, -0.1) is 0 Å². The third kappa shape index (κ3) is 4.67. The van der Waals surface area contributed by atoms with E-state index in [1.807, 2.05) is 42.9 Å². The highest BCUT2D eigenvalue weighted by molar-refractivity contribution is 5.92. The van der Waals surface area contributed by atoms with E-state index in [4.69, 9.17) is 4.52 Å². The molecule has 28 heavy (non-hydrogen) atoms. The van der Waals surface area contributed by atoms with Crippen LogP contribution in [0.25, 0.3) is 10.9 Å². The molecule has 148 valence electrons. The molecule has 0 atom stereocenters. The van der Waals surface area contributed by atoms with Crippen molar-refractivity contribution >= 4 is 29.3 Å². The van der Waals surface area contributed by atoms with Crippen molar-refractivity contribution in [2.45, 2.75) is 31.7 Å². The van der Waals surface area contributed by atoms with Crippen molar-refractivity contribution in [3.8, 4) is 0 Å². The molecule has 2 N–H and O–H groups in total. The van der Waals surface area contributed by atoms with Gasteiger partial charge in [0, 0.05) is 42.0 Å². The molecule has 2 heterocycles. The Labute approximate surface area is 164 Å². The van der Waals surface area contributed by atoms with Gasteiger partial charge in [-0.25, -0.2) is 0 Å². The van der Waals surface area contributed by atoms with Gasteiger partial charge in [-0.05, 0) is 45.0 Å². The Hall–Kier alpha value is -2.93. The number of aryl methyl sites for hydroxylation is 1. The van der Waals surface area contributed by atoms with Crippen molar-refractivity contribution < 1.29 is 14.1 Å². The van der Waals surface area contributed by atoms with Crippen LogP contribution in [-0.2, 0) is 6.54 Å². The number of nitrogens with one attached hydrogen (secondary N) is 2. The molecule has 0 aliphatic heterocycles. The SMILES string of the molecule is CNCCCn1c(C=O)cc2ccc(C=O)cc21.CNc1cc(C2CC2)on1. The van der Waals surface area contributed by atoms with Gasteiger partial charge >= 0.3 is 0 Å². The molecule has 0 radical (unpaired) electrons. The van der Waals surface area contributed by atoms with Gasteiger partial charge in [0.25, 0.3) is 0 Å². The lowest BCUT2D eigenvalue weighted by Gasteiger charge is -2.07. The summed E-state index contributed by atoms with van der Waals surface area (Å²) < 4.78 is 7.03. The van der Waals surface area contributed by atoms with E-state index in [0.717, 1.165) is 54.6 Å². The van der Waals surface area contributed by atoms with E-state index < -0.39 is 0 Å². The summed E-state index contributed by atoms with van der Waals surface area (Å²) in [6.45, 7) is 1.66. The van der Waals surface area contributed by atoms with E-state index in [1.165, 1.54) is 12.8 Å². The van der Waals surface area contributed by atoms with Crippen LogP contribution in [0.5, 0.6) is 0 Å². The smallest absolute Gasteiger partial charge is 0.169 e. The minimum Gasteiger partial charge on any atom is -0.370 e. The Kier molecular flexibility index (Phi) is 6.60. The van der Waals surface area contributed by atoms with Crippen LogP contribution in [-0.4, -0.2) is 42.9 Å². The van der Waals surface area contributed by atoms with Crippen LogP contribution in [0.2, 0.25) is 0 Å². The first-order valence-corrected chi connectivity index (χ1v) is 9.52. The highest BCUT2D eigenvalue weighted by Crippen LogP contribution is 2.40. The number of aromatic nitrogens is 2. The van der Waals surface area contributed by atoms with E-state index in [2.05, 4.69) is 15.8 Å². The molecule has 0 bridgehead atoms. The average Bonchev–Trinajstić information content (AvgIpc) is 3.36. The number of carbonyl (C=O) groups is 2. The van der Waals surface area contributed by atoms with Crippen molar-refractivity contribution in [1.82, 2.24) is 15.0 Å². The Morgan fingerprint density at radius 1 is 1.18 bits per heavy atom. The molecule has 0 amide bonds. The van der Waals surface area contributed by atoms with E-state index in [1.54, 1.807) is 6.07 Å². The second-order valence-corrected chi connectivity index (χ2v) is 6.87. The highest BCUT2D eigenvalue weighted by Gasteiger charge is 2.27. The Balaban J connectivity index is 0.000000188. The van der Waals surface area contributed by atoms with Crippen molar-refractivity contribution in [2.75, 3.05) is 26.0 Å². The zero-order chi connectivity index (χ0) is 19.9. The number of fused-ring (bicyclic) bond motifs is 1. The predicted molar refractivity (Wildman–Crippen MR) is 109 cm³/mol. The molecular formula is C21H26N4O3. The van der Waals surface area contributed by atoms with Crippen molar-refractivity contribution in [2.24, 2.45) is 0 Å². The summed E-state index contributed by atoms with van der Waals surface area (Å²) in [4.78, 5) is 21.9. The average molecular weight is 382 g/mol. The summed E-state index contributed by atoms with van der Waals surface area (Å²) >= 11 is 0. The minimum absolute atomic E-state index is 0.632. The fourth-order valence-corrected chi connectivity index (χ4v) is 3.09. The van der Waals surface area contributed by atoms with Gasteiger partial charge < -0.3 is 19.7 Å². The summed E-state index contributed by atoms with van der Waals surface area (Å²) in [6.07, 6.45) is 5.15. The maximum Gasteiger partial charge on any atom is 0.169 e. The lowest BCUT2D eigenvalue weighted by molar-refractivity contribution is 0.111. The van der Waals surface area contributed by atoms with Gasteiger partial charge in [-0.3, -0.25) is 9.59 Å². The van der Waals surface area contributed by atoms with E-state index in [9.17, 15) is 9.59 Å². The summed E-state index contributed by atoms with van der Waals surface area (Å²) in [5.41, 5.74) is 2.23. The van der Waals surface area contributed by atoms with Gasteiger partial charge in [-0.1, -0.05) is 17.3 Å². The van der Waals surface area contributed by atoms with Crippen molar-refractivity contribution in [3.63, 3.8) is 0 Å². The number of nitrogens with zero attached hydrogens (tertiary/aromatic N) is 2. The van der Waals surface area contributed by atoms with Crippen LogP contribution in [0, 0.1) is 0 Å². The molecule has 0 unspecified atom stereocenters. The largest absolute Gasteiger partial charge is 0.370 e. The van der Waals surface area contributed by atoms with Crippen LogP contribution in [0.3, 0.4) is 0 Å². The Bertz CT molecular complexity index is 940. The molecule has 2 aromatic heterocycles. The Morgan fingerprint density at radius 3 is 2.61 bits per heavy atom. The van der Waals surface area contributed by atoms with Gasteiger partial charge in [0.15, 0.2) is 12.1 Å². The molecule has 1 saturated carbocycles. The standard InChI is InChI=1S/C14H16N2O2.C7H10N2O/c1-15-5-2-6-16-13(10-18)8-12-4-3-11(9-17)7-14(12)16;1-8-7-4-6(10-9-7)5-2-3-5/h3-4,7-10,15H,2,5-6H2,1H3;4-5H,2-3H2,1H3,(H,8,9). The Morgan fingerprint density at radius 2 is 2.00 bits per heavy atom. The molecule has 1 aliphatic rings. The molecule has 0 saturated heterocycles. The number of hydrogen-bond acceptors (Lipinski definition) is 6. The first-order valence-electron chi connectivity index (χ1n) is 9.52. The maximum absolute atomic E-state index is 11.1. The van der Waals surface area contributed by atoms with Crippen LogP contribution in [0.4, 0.5) is 5.82 Å². The quantitative estimate of drug-likeness (QED) is 0.458. The van der Waals surface area contributed by atoms with Gasteiger partial charge in [0.2, 0.25) is 0 Å². The first-order chi connectivity index (χ1) is 13.7. The molecule has 7 nitrogen and oxygen atoms in total. The fourth-order valence-electron chi connectivity index (χ4n) is 3.09. The van der Waals surface area contributed by atoms with Crippen LogP contribution in [0.15, 0.2) is 34.9 Å². The van der Waals surface area contributed by atoms with Crippen molar-refractivity contribution in [1.29, 1.82) is 0 Å². The lowest BCUT2D eigenvalue weighted by Crippen LogP contribution is -2.12. The molecule has 3 aromatic rings. The number of hydrogen-bond donors (Lipinski definition) is 2. The second kappa shape index (κ2) is 9.32. The summed E-state index contributed by atoms with van der Waals surface area (Å²) in [5, 5.41) is 10.8. The topological polar surface area (TPSA) is 89.2 Å². The molecule has 7 heteroatoms. The lowest BCUT2D eigenvalue weighted by atomic mass is 10.2. The van der Waals surface area contributed by atoms with Gasteiger partial charge in [-0.2, -0.15) is 0 Å². The third-order valence-corrected chi connectivity index (χ3v) is 4.79. The molecule has 0 spiro atoms. The minimum atomic E-state index is 0.632. The van der Waals surface area contributed by atoms with Crippen LogP contribution < -0.4 is 10.6 Å². The summed E-state index contributed by atoms with van der Waals surface area (Å²) in [6, 6.07) is 9.30. The third-order valence-electron chi connectivity index (χ3n) is 4.79. The number of rotatable bonds is 8. The van der Waals surface area contributed by atoms with Gasteiger partial charge in [0.05, 0.1) is 5.69 Å². The summed E-state index contributed by atoms with van der Waals surface area (Å²) in [5.74, 6) is 2.53. The first kappa shape index (κ1) is 19.8. The van der Waals surface area contributed by atoms with Crippen LogP contribution in [0.1, 0.15) is 51.8 Å². The normalized spacial score (nSPS) is 13.1. The van der Waals surface area contributed by atoms with E-state index >= 15 is 0 Å². The number of aldehydes is 2. The summed E-state index contributed by atoms with van der Waals surface area (Å²) in [7, 11) is 3.74. The molecule has 1 aliphatic carbocycles. The maximum atomic E-state index is 11.1.